The van der Waals surface area contributed by atoms with Crippen molar-refractivity contribution in [1.29, 1.82) is 0 Å². The predicted molar refractivity (Wildman–Crippen MR) is 67.8 cm³/mol. The average Bonchev–Trinajstić information content (AvgIpc) is 3.02. The summed E-state index contributed by atoms with van der Waals surface area (Å²) in [5.74, 6) is 3.79. The monoisotopic (exact) mass is 246 g/mol. The lowest BCUT2D eigenvalue weighted by atomic mass is 9.57. The van der Waals surface area contributed by atoms with Gasteiger partial charge in [0.05, 0.1) is 5.92 Å². The maximum Gasteiger partial charge on any atom is 0.147 e. The van der Waals surface area contributed by atoms with Crippen molar-refractivity contribution in [3.63, 3.8) is 0 Å². The number of ketones is 2. The van der Waals surface area contributed by atoms with Gasteiger partial charge in [-0.1, -0.05) is 6.42 Å². The van der Waals surface area contributed by atoms with Gasteiger partial charge < -0.3 is 0 Å². The Morgan fingerprint density at radius 2 is 1.78 bits per heavy atom. The summed E-state index contributed by atoms with van der Waals surface area (Å²) < 4.78 is 0. The Labute approximate surface area is 109 Å². The Kier molecular flexibility index (Phi) is 2.29. The Bertz CT molecular complexity index is 413. The molecule has 0 amide bonds. The van der Waals surface area contributed by atoms with Crippen molar-refractivity contribution in [3.05, 3.63) is 0 Å². The fourth-order valence-electron chi connectivity index (χ4n) is 6.20. The molecule has 0 saturated heterocycles. The van der Waals surface area contributed by atoms with Crippen LogP contribution in [0.4, 0.5) is 0 Å². The summed E-state index contributed by atoms with van der Waals surface area (Å²) in [6.07, 6.45) is 7.54. The van der Waals surface area contributed by atoms with E-state index < -0.39 is 0 Å². The van der Waals surface area contributed by atoms with Crippen LogP contribution in [0.15, 0.2) is 0 Å². The number of hydrogen-bond donors (Lipinski definition) is 0. The van der Waals surface area contributed by atoms with Crippen LogP contribution in [-0.2, 0) is 9.59 Å². The van der Waals surface area contributed by atoms with Gasteiger partial charge in [-0.25, -0.2) is 0 Å². The van der Waals surface area contributed by atoms with E-state index >= 15 is 0 Å². The molecule has 4 aliphatic carbocycles. The zero-order valence-corrected chi connectivity index (χ0v) is 11.1. The molecule has 4 fully saturated rings. The third-order valence-corrected chi connectivity index (χ3v) is 6.60. The van der Waals surface area contributed by atoms with E-state index in [1.807, 2.05) is 0 Å². The van der Waals surface area contributed by atoms with E-state index in [0.717, 1.165) is 12.3 Å². The van der Waals surface area contributed by atoms with E-state index in [2.05, 4.69) is 0 Å². The average molecular weight is 246 g/mol. The zero-order valence-electron chi connectivity index (χ0n) is 11.1. The molecule has 4 saturated carbocycles. The third kappa shape index (κ3) is 1.24. The van der Waals surface area contributed by atoms with Crippen molar-refractivity contribution in [2.45, 2.75) is 45.4 Å². The molecule has 4 aliphatic rings. The van der Waals surface area contributed by atoms with Crippen molar-refractivity contribution in [2.75, 3.05) is 0 Å². The van der Waals surface area contributed by atoms with Crippen LogP contribution in [0.3, 0.4) is 0 Å². The summed E-state index contributed by atoms with van der Waals surface area (Å²) in [7, 11) is 0. The molecular formula is C16H22O2. The normalized spacial score (nSPS) is 53.4. The van der Waals surface area contributed by atoms with Gasteiger partial charge in [0.15, 0.2) is 0 Å². The molecule has 2 bridgehead atoms. The highest BCUT2D eigenvalue weighted by molar-refractivity contribution is 6.03. The minimum Gasteiger partial charge on any atom is -0.299 e. The van der Waals surface area contributed by atoms with Crippen LogP contribution < -0.4 is 0 Å². The zero-order chi connectivity index (χ0) is 12.4. The van der Waals surface area contributed by atoms with Crippen LogP contribution in [0.2, 0.25) is 0 Å². The van der Waals surface area contributed by atoms with Gasteiger partial charge in [0, 0.05) is 5.92 Å². The summed E-state index contributed by atoms with van der Waals surface area (Å²) in [6, 6.07) is 0. The second kappa shape index (κ2) is 3.68. The highest BCUT2D eigenvalue weighted by atomic mass is 16.2. The highest BCUT2D eigenvalue weighted by Gasteiger charge is 2.61. The lowest BCUT2D eigenvalue weighted by Gasteiger charge is -2.45. The third-order valence-electron chi connectivity index (χ3n) is 6.60. The summed E-state index contributed by atoms with van der Waals surface area (Å²) in [5.41, 5.74) is 0. The standard InChI is InChI=1S/C16H22O2/c1-8(17)13-11-3-2-4-12(11)14-9-5-6-10(7-9)15(14)16(13)18/h9-15H,2-7H2,1H3/t9-,10+,11?,12?,13?,14?,15?/m1/s1. The molecule has 4 rings (SSSR count). The molecule has 0 N–H and O–H groups in total. The molecule has 0 heterocycles. The van der Waals surface area contributed by atoms with Crippen molar-refractivity contribution in [1.82, 2.24) is 0 Å². The molecule has 2 heteroatoms. The van der Waals surface area contributed by atoms with Crippen LogP contribution >= 0.6 is 0 Å². The van der Waals surface area contributed by atoms with Crippen LogP contribution in [0.25, 0.3) is 0 Å². The molecule has 0 spiro atoms. The molecule has 5 unspecified atom stereocenters. The summed E-state index contributed by atoms with van der Waals surface area (Å²) in [5, 5.41) is 0. The van der Waals surface area contributed by atoms with Crippen molar-refractivity contribution in [3.8, 4) is 0 Å². The minimum absolute atomic E-state index is 0.151. The summed E-state index contributed by atoms with van der Waals surface area (Å²) >= 11 is 0. The van der Waals surface area contributed by atoms with E-state index in [1.54, 1.807) is 6.92 Å². The van der Waals surface area contributed by atoms with E-state index in [1.165, 1.54) is 32.1 Å². The molecule has 0 aromatic heterocycles. The topological polar surface area (TPSA) is 34.1 Å². The van der Waals surface area contributed by atoms with Crippen LogP contribution in [0.5, 0.6) is 0 Å². The molecule has 7 atom stereocenters. The first-order valence-corrected chi connectivity index (χ1v) is 7.72. The molecule has 18 heavy (non-hydrogen) atoms. The Balaban J connectivity index is 1.76. The quantitative estimate of drug-likeness (QED) is 0.667. The maximum absolute atomic E-state index is 12.8. The fourth-order valence-corrected chi connectivity index (χ4v) is 6.20. The van der Waals surface area contributed by atoms with E-state index in [0.29, 0.717) is 29.5 Å². The van der Waals surface area contributed by atoms with Crippen LogP contribution in [-0.4, -0.2) is 11.6 Å². The van der Waals surface area contributed by atoms with Crippen molar-refractivity contribution in [2.24, 2.45) is 41.4 Å². The highest BCUT2D eigenvalue weighted by Crippen LogP contribution is 2.63. The summed E-state index contributed by atoms with van der Waals surface area (Å²) in [4.78, 5) is 24.7. The smallest absolute Gasteiger partial charge is 0.147 e. The van der Waals surface area contributed by atoms with Gasteiger partial charge in [-0.05, 0) is 68.6 Å². The number of carbonyl (C=O) groups is 2. The van der Waals surface area contributed by atoms with Gasteiger partial charge in [0.2, 0.25) is 0 Å². The van der Waals surface area contributed by atoms with Crippen molar-refractivity contribution >= 4 is 11.6 Å². The Morgan fingerprint density at radius 1 is 1.06 bits per heavy atom. The number of rotatable bonds is 1. The largest absolute Gasteiger partial charge is 0.299 e. The fraction of sp³-hybridized carbons (Fsp3) is 0.875. The lowest BCUT2D eigenvalue weighted by Crippen LogP contribution is -2.49. The van der Waals surface area contributed by atoms with Gasteiger partial charge in [-0.2, -0.15) is 0 Å². The van der Waals surface area contributed by atoms with E-state index in [-0.39, 0.29) is 17.6 Å². The Hall–Kier alpha value is -0.660. The second-order valence-electron chi connectivity index (χ2n) is 7.19. The first kappa shape index (κ1) is 11.2. The maximum atomic E-state index is 12.8. The SMILES string of the molecule is CC(=O)C1C(=O)C2C(C3CCCC13)[C@@H]1CC[C@H]2C1. The van der Waals surface area contributed by atoms with Gasteiger partial charge >= 0.3 is 0 Å². The van der Waals surface area contributed by atoms with Gasteiger partial charge in [0.25, 0.3) is 0 Å². The van der Waals surface area contributed by atoms with Gasteiger partial charge in [0.1, 0.15) is 11.6 Å². The molecule has 0 aromatic carbocycles. The minimum atomic E-state index is -0.224. The van der Waals surface area contributed by atoms with Crippen LogP contribution in [0.1, 0.15) is 45.4 Å². The second-order valence-corrected chi connectivity index (χ2v) is 7.19. The van der Waals surface area contributed by atoms with Gasteiger partial charge in [-0.15, -0.1) is 0 Å². The molecule has 2 nitrogen and oxygen atoms in total. The molecular weight excluding hydrogens is 224 g/mol. The summed E-state index contributed by atoms with van der Waals surface area (Å²) in [6.45, 7) is 1.64. The molecule has 0 aliphatic heterocycles. The molecule has 0 radical (unpaired) electrons. The number of carbonyl (C=O) groups excluding carboxylic acids is 2. The first-order valence-electron chi connectivity index (χ1n) is 7.72. The van der Waals surface area contributed by atoms with Crippen LogP contribution in [0, 0.1) is 41.4 Å². The van der Waals surface area contributed by atoms with Crippen molar-refractivity contribution < 1.29 is 9.59 Å². The number of hydrogen-bond acceptors (Lipinski definition) is 2. The number of Topliss-reactive ketones (excluding diaryl/α,β-unsaturated/α-hetero) is 2. The Morgan fingerprint density at radius 3 is 2.56 bits per heavy atom. The lowest BCUT2D eigenvalue weighted by molar-refractivity contribution is -0.146. The number of fused-ring (bicyclic) bond motifs is 7. The first-order chi connectivity index (χ1) is 8.68. The van der Waals surface area contributed by atoms with E-state index in [4.69, 9.17) is 0 Å². The van der Waals surface area contributed by atoms with Gasteiger partial charge in [-0.3, -0.25) is 9.59 Å². The molecule has 98 valence electrons. The van der Waals surface area contributed by atoms with E-state index in [9.17, 15) is 9.59 Å². The molecule has 0 aromatic rings. The predicted octanol–water partition coefficient (Wildman–Crippen LogP) is 2.85.